The van der Waals surface area contributed by atoms with Crippen LogP contribution in [-0.2, 0) is 0 Å². The van der Waals surface area contributed by atoms with Gasteiger partial charge in [-0.1, -0.05) is 25.5 Å². The highest BCUT2D eigenvalue weighted by Gasteiger charge is 2.13. The van der Waals surface area contributed by atoms with Crippen molar-refractivity contribution < 1.29 is 0 Å². The molecule has 1 unspecified atom stereocenters. The van der Waals surface area contributed by atoms with E-state index in [2.05, 4.69) is 23.2 Å². The molecule has 0 aromatic heterocycles. The van der Waals surface area contributed by atoms with Crippen LogP contribution in [0.25, 0.3) is 0 Å². The van der Waals surface area contributed by atoms with Crippen molar-refractivity contribution >= 4 is 5.69 Å². The molecule has 19 heavy (non-hydrogen) atoms. The number of nitrogens with zero attached hydrogens (tertiary/aromatic N) is 2. The lowest BCUT2D eigenvalue weighted by Gasteiger charge is -2.29. The van der Waals surface area contributed by atoms with Crippen molar-refractivity contribution in [3.8, 4) is 6.07 Å². The van der Waals surface area contributed by atoms with Crippen LogP contribution >= 0.6 is 0 Å². The minimum atomic E-state index is 0.602. The third-order valence-corrected chi connectivity index (χ3v) is 3.71. The van der Waals surface area contributed by atoms with Gasteiger partial charge in [-0.05, 0) is 44.0 Å². The standard InChI is InChI=1S/C16H23N3/c1-14(13-19-9-5-2-6-10-19)12-18-16-8-4-3-7-15(16)11-17/h3-4,7-8,14,18H,2,5-6,9-10,12-13H2,1H3. The lowest BCUT2D eigenvalue weighted by molar-refractivity contribution is 0.204. The Morgan fingerprint density at radius 2 is 2.00 bits per heavy atom. The van der Waals surface area contributed by atoms with Gasteiger partial charge < -0.3 is 10.2 Å². The van der Waals surface area contributed by atoms with Crippen LogP contribution < -0.4 is 5.32 Å². The van der Waals surface area contributed by atoms with Crippen molar-refractivity contribution in [3.05, 3.63) is 29.8 Å². The van der Waals surface area contributed by atoms with E-state index in [1.54, 1.807) is 0 Å². The third kappa shape index (κ3) is 4.25. The number of anilines is 1. The fourth-order valence-electron chi connectivity index (χ4n) is 2.67. The molecule has 1 aliphatic rings. The monoisotopic (exact) mass is 257 g/mol. The van der Waals surface area contributed by atoms with Gasteiger partial charge in [0.25, 0.3) is 0 Å². The van der Waals surface area contributed by atoms with Gasteiger partial charge in [-0.2, -0.15) is 5.26 Å². The molecule has 1 atom stereocenters. The largest absolute Gasteiger partial charge is 0.384 e. The van der Waals surface area contributed by atoms with Gasteiger partial charge in [0.15, 0.2) is 0 Å². The van der Waals surface area contributed by atoms with E-state index >= 15 is 0 Å². The van der Waals surface area contributed by atoms with Crippen LogP contribution in [0.1, 0.15) is 31.7 Å². The van der Waals surface area contributed by atoms with E-state index in [9.17, 15) is 0 Å². The second-order valence-corrected chi connectivity index (χ2v) is 5.50. The van der Waals surface area contributed by atoms with Crippen molar-refractivity contribution in [1.82, 2.24) is 4.90 Å². The van der Waals surface area contributed by atoms with Crippen LogP contribution in [0.15, 0.2) is 24.3 Å². The summed E-state index contributed by atoms with van der Waals surface area (Å²) in [6.07, 6.45) is 4.08. The maximum atomic E-state index is 9.05. The molecule has 1 saturated heterocycles. The zero-order valence-electron chi connectivity index (χ0n) is 11.7. The maximum absolute atomic E-state index is 9.05. The highest BCUT2D eigenvalue weighted by atomic mass is 15.1. The maximum Gasteiger partial charge on any atom is 0.101 e. The third-order valence-electron chi connectivity index (χ3n) is 3.71. The van der Waals surface area contributed by atoms with Crippen LogP contribution in [0.2, 0.25) is 0 Å². The van der Waals surface area contributed by atoms with Gasteiger partial charge in [0.05, 0.1) is 11.3 Å². The van der Waals surface area contributed by atoms with Crippen molar-refractivity contribution in [3.63, 3.8) is 0 Å². The molecule has 1 N–H and O–H groups in total. The molecule has 1 aromatic rings. The minimum Gasteiger partial charge on any atom is -0.384 e. The number of nitriles is 1. The summed E-state index contributed by atoms with van der Waals surface area (Å²) >= 11 is 0. The van der Waals surface area contributed by atoms with E-state index in [1.807, 2.05) is 24.3 Å². The predicted octanol–water partition coefficient (Wildman–Crippen LogP) is 3.09. The number of hydrogen-bond acceptors (Lipinski definition) is 3. The summed E-state index contributed by atoms with van der Waals surface area (Å²) < 4.78 is 0. The van der Waals surface area contributed by atoms with Crippen molar-refractivity contribution in [2.45, 2.75) is 26.2 Å². The first-order valence-electron chi connectivity index (χ1n) is 7.25. The molecule has 0 saturated carbocycles. The van der Waals surface area contributed by atoms with Gasteiger partial charge in [-0.25, -0.2) is 0 Å². The Hall–Kier alpha value is -1.53. The van der Waals surface area contributed by atoms with Gasteiger partial charge in [0.1, 0.15) is 6.07 Å². The molecule has 1 aromatic carbocycles. The second-order valence-electron chi connectivity index (χ2n) is 5.50. The molecule has 1 heterocycles. The molecule has 1 aliphatic heterocycles. The molecular formula is C16H23N3. The van der Waals surface area contributed by atoms with Gasteiger partial charge in [-0.15, -0.1) is 0 Å². The number of nitrogens with one attached hydrogen (secondary N) is 1. The Balaban J connectivity index is 1.79. The topological polar surface area (TPSA) is 39.1 Å². The molecule has 2 rings (SSSR count). The second kappa shape index (κ2) is 7.16. The number of hydrogen-bond donors (Lipinski definition) is 1. The molecule has 0 spiro atoms. The summed E-state index contributed by atoms with van der Waals surface area (Å²) in [6, 6.07) is 9.94. The van der Waals surface area contributed by atoms with Crippen LogP contribution in [0.3, 0.4) is 0 Å². The summed E-state index contributed by atoms with van der Waals surface area (Å²) in [4.78, 5) is 2.56. The Labute approximate surface area is 116 Å². The van der Waals surface area contributed by atoms with Crippen LogP contribution in [0.5, 0.6) is 0 Å². The number of likely N-dealkylation sites (tertiary alicyclic amines) is 1. The number of piperidine rings is 1. The van der Waals surface area contributed by atoms with E-state index in [1.165, 1.54) is 32.4 Å². The molecule has 3 nitrogen and oxygen atoms in total. The lowest BCUT2D eigenvalue weighted by atomic mass is 10.1. The number of rotatable bonds is 5. The SMILES string of the molecule is CC(CNc1ccccc1C#N)CN1CCCCC1. The Morgan fingerprint density at radius 1 is 1.26 bits per heavy atom. The smallest absolute Gasteiger partial charge is 0.101 e. The quantitative estimate of drug-likeness (QED) is 0.881. The molecule has 0 radical (unpaired) electrons. The van der Waals surface area contributed by atoms with Gasteiger partial charge in [0, 0.05) is 13.1 Å². The normalized spacial score (nSPS) is 17.7. The minimum absolute atomic E-state index is 0.602. The highest BCUT2D eigenvalue weighted by Crippen LogP contribution is 2.15. The predicted molar refractivity (Wildman–Crippen MR) is 79.1 cm³/mol. The van der Waals surface area contributed by atoms with Crippen LogP contribution in [-0.4, -0.2) is 31.1 Å². The zero-order valence-corrected chi connectivity index (χ0v) is 11.7. The van der Waals surface area contributed by atoms with Gasteiger partial charge in [-0.3, -0.25) is 0 Å². The fraction of sp³-hybridized carbons (Fsp3) is 0.562. The lowest BCUT2D eigenvalue weighted by Crippen LogP contribution is -2.35. The van der Waals surface area contributed by atoms with Crippen LogP contribution in [0, 0.1) is 17.2 Å². The van der Waals surface area contributed by atoms with E-state index in [0.29, 0.717) is 5.92 Å². The summed E-state index contributed by atoms with van der Waals surface area (Å²) in [5, 5.41) is 12.5. The van der Waals surface area contributed by atoms with E-state index in [4.69, 9.17) is 5.26 Å². The van der Waals surface area contributed by atoms with Gasteiger partial charge >= 0.3 is 0 Å². The molecule has 0 aliphatic carbocycles. The van der Waals surface area contributed by atoms with Crippen molar-refractivity contribution in [2.24, 2.45) is 5.92 Å². The van der Waals surface area contributed by atoms with Crippen molar-refractivity contribution in [1.29, 1.82) is 5.26 Å². The first-order valence-corrected chi connectivity index (χ1v) is 7.25. The number of benzene rings is 1. The van der Waals surface area contributed by atoms with E-state index in [-0.39, 0.29) is 0 Å². The number of para-hydroxylation sites is 1. The molecule has 1 fully saturated rings. The zero-order chi connectivity index (χ0) is 13.5. The summed E-state index contributed by atoms with van der Waals surface area (Å²) in [5.41, 5.74) is 1.68. The van der Waals surface area contributed by atoms with Crippen LogP contribution in [0.4, 0.5) is 5.69 Å². The fourth-order valence-corrected chi connectivity index (χ4v) is 2.67. The molecular weight excluding hydrogens is 234 g/mol. The summed E-state index contributed by atoms with van der Waals surface area (Å²) in [6.45, 7) is 6.85. The first kappa shape index (κ1) is 13.9. The summed E-state index contributed by atoms with van der Waals surface area (Å²) in [5.74, 6) is 0.602. The Morgan fingerprint density at radius 3 is 2.74 bits per heavy atom. The van der Waals surface area contributed by atoms with E-state index in [0.717, 1.165) is 24.3 Å². The first-order chi connectivity index (χ1) is 9.29. The van der Waals surface area contributed by atoms with Gasteiger partial charge in [0.2, 0.25) is 0 Å². The molecule has 102 valence electrons. The molecule has 0 bridgehead atoms. The average molecular weight is 257 g/mol. The molecule has 0 amide bonds. The van der Waals surface area contributed by atoms with Crippen molar-refractivity contribution in [2.75, 3.05) is 31.5 Å². The summed E-state index contributed by atoms with van der Waals surface area (Å²) in [7, 11) is 0. The average Bonchev–Trinajstić information content (AvgIpc) is 2.46. The Bertz CT molecular complexity index is 430. The molecule has 3 heteroatoms. The van der Waals surface area contributed by atoms with E-state index < -0.39 is 0 Å². The highest BCUT2D eigenvalue weighted by molar-refractivity contribution is 5.57. The Kier molecular flexibility index (Phi) is 5.23.